The molecule has 57 heavy (non-hydrogen) atoms. The number of esters is 1. The number of hydrogen-bond donors (Lipinski definition) is 3. The first kappa shape index (κ1) is 36.3. The third kappa shape index (κ3) is 4.89. The fourth-order valence-corrected chi connectivity index (χ4v) is 12.6. The summed E-state index contributed by atoms with van der Waals surface area (Å²) in [6.07, 6.45) is 1.36. The van der Waals surface area contributed by atoms with Crippen molar-refractivity contribution in [3.63, 3.8) is 0 Å². The van der Waals surface area contributed by atoms with Crippen molar-refractivity contribution in [2.24, 2.45) is 0 Å². The number of likely N-dealkylation sites (N-methyl/N-ethyl adjacent to an activating group) is 1. The van der Waals surface area contributed by atoms with Gasteiger partial charge in [-0.05, 0) is 62.6 Å². The molecule has 13 nitrogen and oxygen atoms in total. The van der Waals surface area contributed by atoms with Gasteiger partial charge < -0.3 is 38.5 Å². The number of phenolic OH excluding ortho intramolecular Hbond substituents is 1. The summed E-state index contributed by atoms with van der Waals surface area (Å²) in [5.74, 6) is 3.37. The van der Waals surface area contributed by atoms with Crippen molar-refractivity contribution in [2.45, 2.75) is 74.6 Å². The number of nitrogens with one attached hydrogen (secondary N) is 2. The van der Waals surface area contributed by atoms with Gasteiger partial charge in [0.25, 0.3) is 0 Å². The Labute approximate surface area is 334 Å². The van der Waals surface area contributed by atoms with E-state index in [0.29, 0.717) is 53.0 Å². The molecule has 4 aromatic rings. The number of aromatic hydroxyl groups is 1. The Hall–Kier alpha value is -5.07. The quantitative estimate of drug-likeness (QED) is 0.171. The number of aryl methyl sites for hydroxylation is 1. The van der Waals surface area contributed by atoms with Gasteiger partial charge in [0.2, 0.25) is 6.79 Å². The number of rotatable bonds is 3. The lowest BCUT2D eigenvalue weighted by molar-refractivity contribution is -0.132. The van der Waals surface area contributed by atoms with Crippen LogP contribution in [0.2, 0.25) is 0 Å². The molecule has 11 rings (SSSR count). The van der Waals surface area contributed by atoms with Crippen LogP contribution < -0.4 is 29.0 Å². The maximum Gasteiger partial charge on any atom is 0.308 e. The standard InChI is InChI=1S/C43H45N5O8S/c1-19-12-23-13-28-29(15-44)48-30-16-53-21(3)43(42-26(10-11-45-43)25-9-8-24(51-6)14-27(25)46-42)17-57-41(35(48)34(47(28)5)31(23)36(50)37(19)52-7)33-32(30)40-39(54-18-55-40)20(2)38(33)56-22(4)49/h8-9,12,14,28-30,34-35,41,45-46,50H,3,10-11,13,16-18H2,1-2,4-7H3/t28-,29+,30+,34-,35?,41-,43+/m1/s1. The van der Waals surface area contributed by atoms with Gasteiger partial charge in [0.15, 0.2) is 23.0 Å². The number of aromatic amines is 1. The van der Waals surface area contributed by atoms with Crippen LogP contribution in [0.3, 0.4) is 0 Å². The summed E-state index contributed by atoms with van der Waals surface area (Å²) >= 11 is 1.70. The van der Waals surface area contributed by atoms with Crippen LogP contribution in [0.5, 0.6) is 34.5 Å². The van der Waals surface area contributed by atoms with E-state index in [9.17, 15) is 15.2 Å². The van der Waals surface area contributed by atoms with E-state index in [0.717, 1.165) is 56.6 Å². The van der Waals surface area contributed by atoms with Crippen molar-refractivity contribution < 1.29 is 38.3 Å². The molecule has 3 aromatic carbocycles. The van der Waals surface area contributed by atoms with Gasteiger partial charge in [-0.15, -0.1) is 11.8 Å². The van der Waals surface area contributed by atoms with Crippen molar-refractivity contribution in [1.29, 1.82) is 5.26 Å². The van der Waals surface area contributed by atoms with E-state index in [4.69, 9.17) is 28.4 Å². The topological polar surface area (TPSA) is 151 Å². The van der Waals surface area contributed by atoms with Crippen LogP contribution in [0, 0.1) is 25.2 Å². The number of carbonyl (C=O) groups is 1. The monoisotopic (exact) mass is 791 g/mol. The van der Waals surface area contributed by atoms with Gasteiger partial charge in [-0.25, -0.2) is 0 Å². The second-order valence-electron chi connectivity index (χ2n) is 15.9. The summed E-state index contributed by atoms with van der Waals surface area (Å²) in [6.45, 7) is 10.7. The average Bonchev–Trinajstić information content (AvgIpc) is 3.84. The van der Waals surface area contributed by atoms with Crippen LogP contribution in [-0.4, -0.2) is 90.9 Å². The molecule has 296 valence electrons. The van der Waals surface area contributed by atoms with Gasteiger partial charge in [0.05, 0.1) is 37.6 Å². The highest BCUT2D eigenvalue weighted by atomic mass is 32.2. The number of thioether (sulfide) groups is 1. The molecule has 2 saturated heterocycles. The van der Waals surface area contributed by atoms with Crippen molar-refractivity contribution in [3.05, 3.63) is 81.2 Å². The summed E-state index contributed by atoms with van der Waals surface area (Å²) in [4.78, 5) is 21.3. The Morgan fingerprint density at radius 3 is 2.67 bits per heavy atom. The van der Waals surface area contributed by atoms with Crippen molar-refractivity contribution in [2.75, 3.05) is 47.0 Å². The summed E-state index contributed by atoms with van der Waals surface area (Å²) < 4.78 is 37.0. The summed E-state index contributed by atoms with van der Waals surface area (Å²) in [5, 5.41) is 27.9. The predicted octanol–water partition coefficient (Wildman–Crippen LogP) is 5.75. The smallest absolute Gasteiger partial charge is 0.308 e. The van der Waals surface area contributed by atoms with Crippen molar-refractivity contribution >= 4 is 28.6 Å². The van der Waals surface area contributed by atoms with Gasteiger partial charge in [0, 0.05) is 76.2 Å². The zero-order chi connectivity index (χ0) is 39.7. The number of methoxy groups -OCH3 is 2. The number of nitrogens with zero attached hydrogens (tertiary/aromatic N) is 3. The molecule has 0 saturated carbocycles. The Morgan fingerprint density at radius 1 is 1.11 bits per heavy atom. The molecular formula is C43H45N5O8S. The number of piperazine rings is 1. The highest BCUT2D eigenvalue weighted by molar-refractivity contribution is 7.99. The first-order valence-corrected chi connectivity index (χ1v) is 20.4. The molecule has 8 heterocycles. The zero-order valence-electron chi connectivity index (χ0n) is 32.8. The van der Waals surface area contributed by atoms with Crippen molar-refractivity contribution in [3.8, 4) is 40.6 Å². The Balaban J connectivity index is 1.24. The van der Waals surface area contributed by atoms with Gasteiger partial charge in [0.1, 0.15) is 35.4 Å². The van der Waals surface area contributed by atoms with Gasteiger partial charge in [-0.2, -0.15) is 5.26 Å². The number of aromatic nitrogens is 1. The maximum absolute atomic E-state index is 13.0. The Morgan fingerprint density at radius 2 is 1.91 bits per heavy atom. The summed E-state index contributed by atoms with van der Waals surface area (Å²) in [7, 11) is 5.29. The van der Waals surface area contributed by atoms with Crippen LogP contribution in [0.1, 0.15) is 68.9 Å². The van der Waals surface area contributed by atoms with E-state index >= 15 is 0 Å². The van der Waals surface area contributed by atoms with E-state index in [2.05, 4.69) is 51.9 Å². The maximum atomic E-state index is 13.0. The molecule has 1 aromatic heterocycles. The third-order valence-electron chi connectivity index (χ3n) is 13.3. The number of ether oxygens (including phenoxy) is 6. The highest BCUT2D eigenvalue weighted by Crippen LogP contribution is 2.65. The minimum Gasteiger partial charge on any atom is -0.504 e. The molecule has 7 aliphatic heterocycles. The van der Waals surface area contributed by atoms with Crippen LogP contribution in [0.15, 0.2) is 36.6 Å². The van der Waals surface area contributed by atoms with Gasteiger partial charge in [-0.1, -0.05) is 12.6 Å². The zero-order valence-corrected chi connectivity index (χ0v) is 33.6. The number of benzene rings is 3. The lowest BCUT2D eigenvalue weighted by Gasteiger charge is -2.62. The molecule has 7 aliphatic rings. The molecule has 1 unspecified atom stereocenters. The Kier molecular flexibility index (Phi) is 8.26. The van der Waals surface area contributed by atoms with Gasteiger partial charge >= 0.3 is 5.97 Å². The minimum atomic E-state index is -0.843. The number of H-pyrrole nitrogens is 1. The molecule has 1 spiro atoms. The van der Waals surface area contributed by atoms with Gasteiger partial charge in [-0.3, -0.25) is 19.9 Å². The highest BCUT2D eigenvalue weighted by Gasteiger charge is 2.61. The molecule has 7 atom stereocenters. The fraction of sp³-hybridized carbons (Fsp3) is 0.442. The van der Waals surface area contributed by atoms with E-state index < -0.39 is 40.9 Å². The van der Waals surface area contributed by atoms with E-state index in [1.165, 1.54) is 12.5 Å². The normalized spacial score (nSPS) is 28.5. The van der Waals surface area contributed by atoms with Crippen LogP contribution in [-0.2, 0) is 27.9 Å². The average molecular weight is 792 g/mol. The molecule has 0 aliphatic carbocycles. The second kappa shape index (κ2) is 13.0. The fourth-order valence-electron chi connectivity index (χ4n) is 10.9. The summed E-state index contributed by atoms with van der Waals surface area (Å²) in [5.41, 5.74) is 7.16. The molecule has 0 amide bonds. The molecule has 14 heteroatoms. The molecular weight excluding hydrogens is 747 g/mol. The number of fused-ring (bicyclic) bond motifs is 11. The molecule has 3 N–H and O–H groups in total. The second-order valence-corrected chi connectivity index (χ2v) is 17.1. The number of nitriles is 1. The van der Waals surface area contributed by atoms with Crippen LogP contribution in [0.4, 0.5) is 0 Å². The molecule has 2 fully saturated rings. The van der Waals surface area contributed by atoms with E-state index in [1.807, 2.05) is 26.0 Å². The third-order valence-corrected chi connectivity index (χ3v) is 14.7. The predicted molar refractivity (Wildman–Crippen MR) is 212 cm³/mol. The SMILES string of the molecule is C=C1OC[C@H]2c3c4c(c(C)c(OC(C)=O)c3[C@@H](SC[C@]13NCCc1c3[nH]c3cc(OC)ccc13)C1[C@H]3c5c(cc(C)c(OC)c5O)C[C@H]([C@H](C#N)N12)N3C)OCO4. The molecule has 0 radical (unpaired) electrons. The van der Waals surface area contributed by atoms with E-state index in [-0.39, 0.29) is 25.2 Å². The largest absolute Gasteiger partial charge is 0.504 e. The van der Waals surface area contributed by atoms with Crippen LogP contribution >= 0.6 is 11.8 Å². The number of carbonyl (C=O) groups excluding carboxylic acids is 1. The minimum absolute atomic E-state index is 0.00466. The first-order chi connectivity index (χ1) is 27.5. The van der Waals surface area contributed by atoms with E-state index in [1.54, 1.807) is 26.0 Å². The van der Waals surface area contributed by atoms with Crippen molar-refractivity contribution in [1.82, 2.24) is 20.1 Å². The number of hydrogen-bond acceptors (Lipinski definition) is 13. The lowest BCUT2D eigenvalue weighted by Crippen LogP contribution is -2.69. The summed E-state index contributed by atoms with van der Waals surface area (Å²) in [6, 6.07) is 8.76. The first-order valence-electron chi connectivity index (χ1n) is 19.3. The molecule has 4 bridgehead atoms. The lowest BCUT2D eigenvalue weighted by atomic mass is 9.71. The van der Waals surface area contributed by atoms with Crippen LogP contribution in [0.25, 0.3) is 10.9 Å². The Bertz CT molecular complexity index is 2460. The number of phenols is 1.